The minimum atomic E-state index is -0.368. The second kappa shape index (κ2) is 6.70. The van der Waals surface area contributed by atoms with Crippen molar-refractivity contribution < 1.29 is 9.13 Å². The topological polar surface area (TPSA) is 47.3 Å². The van der Waals surface area contributed by atoms with Gasteiger partial charge in [0.1, 0.15) is 0 Å². The van der Waals surface area contributed by atoms with Crippen LogP contribution in [0.4, 0.5) is 4.39 Å². The van der Waals surface area contributed by atoms with Crippen LogP contribution in [0.3, 0.4) is 0 Å². The number of hydrogen-bond donors (Lipinski definition) is 2. The van der Waals surface area contributed by atoms with Crippen LogP contribution in [-0.4, -0.2) is 7.11 Å². The Hall–Kier alpha value is -1.91. The first-order chi connectivity index (χ1) is 10.0. The fourth-order valence-corrected chi connectivity index (χ4v) is 2.64. The van der Waals surface area contributed by atoms with E-state index in [0.29, 0.717) is 12.0 Å². The highest BCUT2D eigenvalue weighted by Crippen LogP contribution is 2.27. The molecule has 4 heteroatoms. The van der Waals surface area contributed by atoms with Gasteiger partial charge in [-0.15, -0.1) is 0 Å². The SMILES string of the molecule is COc1cccc(C(Cc2cc(C)cc(C)c2)NN)c1F. The van der Waals surface area contributed by atoms with E-state index in [1.807, 2.05) is 13.8 Å². The quantitative estimate of drug-likeness (QED) is 0.656. The van der Waals surface area contributed by atoms with Gasteiger partial charge in [0, 0.05) is 5.56 Å². The monoisotopic (exact) mass is 288 g/mol. The second-order valence-electron chi connectivity index (χ2n) is 5.28. The molecule has 0 heterocycles. The molecule has 0 amide bonds. The van der Waals surface area contributed by atoms with Crippen LogP contribution in [-0.2, 0) is 6.42 Å². The molecule has 1 atom stereocenters. The zero-order valence-electron chi connectivity index (χ0n) is 12.6. The fraction of sp³-hybridized carbons (Fsp3) is 0.294. The first kappa shape index (κ1) is 15.5. The van der Waals surface area contributed by atoms with Crippen molar-refractivity contribution >= 4 is 0 Å². The highest BCUT2D eigenvalue weighted by molar-refractivity contribution is 5.35. The highest BCUT2D eigenvalue weighted by atomic mass is 19.1. The molecule has 3 nitrogen and oxygen atoms in total. The molecule has 0 aliphatic carbocycles. The zero-order valence-corrected chi connectivity index (χ0v) is 12.6. The predicted octanol–water partition coefficient (Wildman–Crippen LogP) is 3.20. The Labute approximate surface area is 124 Å². The molecule has 1 unspecified atom stereocenters. The molecule has 0 spiro atoms. The molecule has 0 radical (unpaired) electrons. The maximum atomic E-state index is 14.4. The first-order valence-corrected chi connectivity index (χ1v) is 6.91. The van der Waals surface area contributed by atoms with E-state index in [0.717, 1.165) is 5.56 Å². The number of hydrazine groups is 1. The van der Waals surface area contributed by atoms with E-state index in [1.54, 1.807) is 18.2 Å². The molecule has 2 aromatic carbocycles. The Kier molecular flexibility index (Phi) is 4.94. The summed E-state index contributed by atoms with van der Waals surface area (Å²) in [6.07, 6.45) is 0.614. The maximum Gasteiger partial charge on any atom is 0.169 e. The van der Waals surface area contributed by atoms with Gasteiger partial charge in [-0.25, -0.2) is 4.39 Å². The Morgan fingerprint density at radius 1 is 1.19 bits per heavy atom. The summed E-state index contributed by atoms with van der Waals surface area (Å²) in [7, 11) is 1.46. The summed E-state index contributed by atoms with van der Waals surface area (Å²) in [6, 6.07) is 11.1. The van der Waals surface area contributed by atoms with Gasteiger partial charge in [0.2, 0.25) is 0 Å². The fourth-order valence-electron chi connectivity index (χ4n) is 2.64. The summed E-state index contributed by atoms with van der Waals surface area (Å²) in [6.45, 7) is 4.10. The molecule has 0 fully saturated rings. The molecule has 2 aromatic rings. The molecule has 0 saturated carbocycles. The molecule has 0 saturated heterocycles. The molecule has 2 rings (SSSR count). The molecule has 0 aromatic heterocycles. The number of benzene rings is 2. The van der Waals surface area contributed by atoms with Crippen molar-refractivity contribution in [2.45, 2.75) is 26.3 Å². The van der Waals surface area contributed by atoms with E-state index in [1.165, 1.54) is 18.2 Å². The second-order valence-corrected chi connectivity index (χ2v) is 5.28. The van der Waals surface area contributed by atoms with E-state index in [-0.39, 0.29) is 17.6 Å². The van der Waals surface area contributed by atoms with Gasteiger partial charge in [0.05, 0.1) is 13.2 Å². The number of hydrogen-bond acceptors (Lipinski definition) is 3. The Morgan fingerprint density at radius 2 is 1.86 bits per heavy atom. The third-order valence-corrected chi connectivity index (χ3v) is 3.51. The van der Waals surface area contributed by atoms with Crippen molar-refractivity contribution in [3.8, 4) is 5.75 Å². The zero-order chi connectivity index (χ0) is 15.4. The first-order valence-electron chi connectivity index (χ1n) is 6.91. The minimum absolute atomic E-state index is 0.230. The lowest BCUT2D eigenvalue weighted by Gasteiger charge is -2.19. The van der Waals surface area contributed by atoms with Crippen molar-refractivity contribution in [3.63, 3.8) is 0 Å². The summed E-state index contributed by atoms with van der Waals surface area (Å²) in [4.78, 5) is 0. The van der Waals surface area contributed by atoms with Crippen LogP contribution in [0.15, 0.2) is 36.4 Å². The van der Waals surface area contributed by atoms with E-state index >= 15 is 0 Å². The van der Waals surface area contributed by atoms with Crippen molar-refractivity contribution in [1.82, 2.24) is 5.43 Å². The summed E-state index contributed by atoms with van der Waals surface area (Å²) in [5, 5.41) is 0. The lowest BCUT2D eigenvalue weighted by molar-refractivity contribution is 0.379. The number of nitrogens with one attached hydrogen (secondary N) is 1. The van der Waals surface area contributed by atoms with Crippen molar-refractivity contribution in [2.75, 3.05) is 7.11 Å². The number of methoxy groups -OCH3 is 1. The average Bonchev–Trinajstić information content (AvgIpc) is 2.44. The average molecular weight is 288 g/mol. The minimum Gasteiger partial charge on any atom is -0.494 e. The Balaban J connectivity index is 2.32. The molecule has 112 valence electrons. The van der Waals surface area contributed by atoms with Crippen LogP contribution in [0.5, 0.6) is 5.75 Å². The van der Waals surface area contributed by atoms with Crippen LogP contribution in [0.25, 0.3) is 0 Å². The van der Waals surface area contributed by atoms with Gasteiger partial charge in [0.25, 0.3) is 0 Å². The highest BCUT2D eigenvalue weighted by Gasteiger charge is 2.18. The van der Waals surface area contributed by atoms with E-state index in [4.69, 9.17) is 10.6 Å². The third-order valence-electron chi connectivity index (χ3n) is 3.51. The number of rotatable bonds is 5. The summed E-state index contributed by atoms with van der Waals surface area (Å²) >= 11 is 0. The largest absolute Gasteiger partial charge is 0.494 e. The molecule has 3 N–H and O–H groups in total. The van der Waals surface area contributed by atoms with Crippen LogP contribution in [0.1, 0.15) is 28.3 Å². The van der Waals surface area contributed by atoms with Crippen molar-refractivity contribution in [3.05, 3.63) is 64.5 Å². The number of nitrogens with two attached hydrogens (primary N) is 1. The molecule has 0 aliphatic heterocycles. The summed E-state index contributed by atoms with van der Waals surface area (Å²) < 4.78 is 19.4. The van der Waals surface area contributed by atoms with Crippen molar-refractivity contribution in [1.29, 1.82) is 0 Å². The predicted molar refractivity (Wildman–Crippen MR) is 82.6 cm³/mol. The lowest BCUT2D eigenvalue weighted by Crippen LogP contribution is -2.30. The molecule has 21 heavy (non-hydrogen) atoms. The Morgan fingerprint density at radius 3 is 2.43 bits per heavy atom. The van der Waals surface area contributed by atoms with Crippen molar-refractivity contribution in [2.24, 2.45) is 5.84 Å². The lowest BCUT2D eigenvalue weighted by atomic mass is 9.96. The van der Waals surface area contributed by atoms with Gasteiger partial charge in [0.15, 0.2) is 11.6 Å². The third kappa shape index (κ3) is 3.60. The van der Waals surface area contributed by atoms with E-state index < -0.39 is 0 Å². The standard InChI is InChI=1S/C17H21FN2O/c1-11-7-12(2)9-13(8-11)10-15(20-19)14-5-4-6-16(21-3)17(14)18/h4-9,15,20H,10,19H2,1-3H3. The van der Waals surface area contributed by atoms with E-state index in [2.05, 4.69) is 23.6 Å². The number of ether oxygens (including phenoxy) is 1. The molecular formula is C17H21FN2O. The number of aryl methyl sites for hydroxylation is 2. The summed E-state index contributed by atoms with van der Waals surface area (Å²) in [5.41, 5.74) is 6.71. The summed E-state index contributed by atoms with van der Waals surface area (Å²) in [5.74, 6) is 5.49. The van der Waals surface area contributed by atoms with Crippen LogP contribution in [0, 0.1) is 19.7 Å². The van der Waals surface area contributed by atoms with Crippen LogP contribution >= 0.6 is 0 Å². The number of halogens is 1. The van der Waals surface area contributed by atoms with Gasteiger partial charge in [-0.2, -0.15) is 0 Å². The molecule has 0 aliphatic rings. The van der Waals surface area contributed by atoms with Gasteiger partial charge in [-0.05, 0) is 31.9 Å². The van der Waals surface area contributed by atoms with Gasteiger partial charge in [-0.1, -0.05) is 41.5 Å². The Bertz CT molecular complexity index is 608. The molecule has 0 bridgehead atoms. The normalized spacial score (nSPS) is 12.2. The molecular weight excluding hydrogens is 267 g/mol. The van der Waals surface area contributed by atoms with Crippen LogP contribution < -0.4 is 16.0 Å². The van der Waals surface area contributed by atoms with E-state index in [9.17, 15) is 4.39 Å². The van der Waals surface area contributed by atoms with Gasteiger partial charge in [-0.3, -0.25) is 11.3 Å². The maximum absolute atomic E-state index is 14.4. The smallest absolute Gasteiger partial charge is 0.169 e. The van der Waals surface area contributed by atoms with Crippen LogP contribution in [0.2, 0.25) is 0 Å². The van der Waals surface area contributed by atoms with Gasteiger partial charge >= 0.3 is 0 Å². The van der Waals surface area contributed by atoms with Gasteiger partial charge < -0.3 is 4.74 Å².